The molecule has 0 aliphatic heterocycles. The molecule has 1 rings (SSSR count). The number of hydrogen-bond acceptors (Lipinski definition) is 4. The zero-order valence-electron chi connectivity index (χ0n) is 9.03. The molecular formula is C9H12FN3O3S. The second-order valence-corrected chi connectivity index (χ2v) is 4.92. The highest BCUT2D eigenvalue weighted by molar-refractivity contribution is 7.89. The molecule has 6 nitrogen and oxygen atoms in total. The number of anilines is 1. The van der Waals surface area contributed by atoms with Gasteiger partial charge in [-0.05, 0) is 18.2 Å². The van der Waals surface area contributed by atoms with Crippen LogP contribution in [0.4, 0.5) is 10.1 Å². The number of nitrogens with one attached hydrogen (secondary N) is 2. The fourth-order valence-corrected chi connectivity index (χ4v) is 2.18. The molecule has 0 spiro atoms. The zero-order valence-corrected chi connectivity index (χ0v) is 9.84. The summed E-state index contributed by atoms with van der Waals surface area (Å²) < 4.78 is 38.2. The maximum absolute atomic E-state index is 12.7. The van der Waals surface area contributed by atoms with E-state index in [-0.39, 0.29) is 10.6 Å². The SMILES string of the molecule is CNC(=O)CNS(=O)(=O)c1ccc(F)cc1N. The Morgan fingerprint density at radius 2 is 2.12 bits per heavy atom. The largest absolute Gasteiger partial charge is 0.398 e. The minimum absolute atomic E-state index is 0.214. The van der Waals surface area contributed by atoms with E-state index in [4.69, 9.17) is 5.73 Å². The van der Waals surface area contributed by atoms with E-state index in [1.54, 1.807) is 0 Å². The van der Waals surface area contributed by atoms with Crippen LogP contribution in [0.2, 0.25) is 0 Å². The Bertz CT molecular complexity index is 530. The number of likely N-dealkylation sites (N-methyl/N-ethyl adjacent to an activating group) is 1. The van der Waals surface area contributed by atoms with Gasteiger partial charge in [-0.1, -0.05) is 0 Å². The standard InChI is InChI=1S/C9H12FN3O3S/c1-12-9(14)5-13-17(15,16)8-3-2-6(10)4-7(8)11/h2-4,13H,5,11H2,1H3,(H,12,14). The fraction of sp³-hybridized carbons (Fsp3) is 0.222. The van der Waals surface area contributed by atoms with Gasteiger partial charge in [0, 0.05) is 7.05 Å². The van der Waals surface area contributed by atoms with Crippen molar-refractivity contribution in [3.8, 4) is 0 Å². The van der Waals surface area contributed by atoms with E-state index in [2.05, 4.69) is 5.32 Å². The molecule has 0 saturated carbocycles. The van der Waals surface area contributed by atoms with Gasteiger partial charge in [0.05, 0.1) is 12.2 Å². The van der Waals surface area contributed by atoms with Crippen LogP contribution < -0.4 is 15.8 Å². The first-order valence-electron chi connectivity index (χ1n) is 4.62. The van der Waals surface area contributed by atoms with E-state index in [0.29, 0.717) is 0 Å². The van der Waals surface area contributed by atoms with Crippen LogP contribution >= 0.6 is 0 Å². The predicted molar refractivity (Wildman–Crippen MR) is 60.1 cm³/mol. The van der Waals surface area contributed by atoms with Crippen LogP contribution in [-0.4, -0.2) is 27.9 Å². The first kappa shape index (κ1) is 13.4. The molecular weight excluding hydrogens is 249 g/mol. The van der Waals surface area contributed by atoms with Crippen LogP contribution in [0.25, 0.3) is 0 Å². The molecule has 1 aromatic carbocycles. The van der Waals surface area contributed by atoms with E-state index in [1.165, 1.54) is 7.05 Å². The average molecular weight is 261 g/mol. The summed E-state index contributed by atoms with van der Waals surface area (Å²) in [4.78, 5) is 10.6. The molecule has 0 radical (unpaired) electrons. The lowest BCUT2D eigenvalue weighted by Crippen LogP contribution is -2.35. The Morgan fingerprint density at radius 1 is 1.47 bits per heavy atom. The molecule has 94 valence electrons. The molecule has 0 heterocycles. The van der Waals surface area contributed by atoms with Gasteiger partial charge < -0.3 is 11.1 Å². The maximum Gasteiger partial charge on any atom is 0.243 e. The highest BCUT2D eigenvalue weighted by Crippen LogP contribution is 2.18. The van der Waals surface area contributed by atoms with Gasteiger partial charge >= 0.3 is 0 Å². The lowest BCUT2D eigenvalue weighted by molar-refractivity contribution is -0.119. The van der Waals surface area contributed by atoms with Crippen LogP contribution in [-0.2, 0) is 14.8 Å². The van der Waals surface area contributed by atoms with Crippen LogP contribution in [0.3, 0.4) is 0 Å². The van der Waals surface area contributed by atoms with E-state index in [9.17, 15) is 17.6 Å². The molecule has 0 fully saturated rings. The summed E-state index contributed by atoms with van der Waals surface area (Å²) in [7, 11) is -2.54. The van der Waals surface area contributed by atoms with Gasteiger partial charge in [0.15, 0.2) is 0 Å². The van der Waals surface area contributed by atoms with Crippen LogP contribution in [0, 0.1) is 5.82 Å². The molecule has 0 aliphatic carbocycles. The lowest BCUT2D eigenvalue weighted by atomic mass is 10.3. The molecule has 0 atom stereocenters. The van der Waals surface area contributed by atoms with E-state index in [0.717, 1.165) is 18.2 Å². The normalized spacial score (nSPS) is 11.2. The Labute approximate surface area is 98.1 Å². The van der Waals surface area contributed by atoms with Crippen LogP contribution in [0.1, 0.15) is 0 Å². The summed E-state index contributed by atoms with van der Waals surface area (Å²) in [5.74, 6) is -1.12. The highest BCUT2D eigenvalue weighted by atomic mass is 32.2. The van der Waals surface area contributed by atoms with Gasteiger partial charge in [-0.15, -0.1) is 0 Å². The number of carbonyl (C=O) groups is 1. The summed E-state index contributed by atoms with van der Waals surface area (Å²) in [6.07, 6.45) is 0. The number of nitrogen functional groups attached to an aromatic ring is 1. The molecule has 1 amide bonds. The molecule has 17 heavy (non-hydrogen) atoms. The predicted octanol–water partition coefficient (Wildman–Crippen LogP) is -0.568. The number of amides is 1. The molecule has 1 aromatic rings. The summed E-state index contributed by atoms with van der Waals surface area (Å²) in [6, 6.07) is 2.91. The van der Waals surface area contributed by atoms with Crippen molar-refractivity contribution in [2.75, 3.05) is 19.3 Å². The minimum atomic E-state index is -3.92. The Morgan fingerprint density at radius 3 is 2.65 bits per heavy atom. The van der Waals surface area contributed by atoms with Crippen LogP contribution in [0.5, 0.6) is 0 Å². The van der Waals surface area contributed by atoms with Crippen molar-refractivity contribution in [2.45, 2.75) is 4.90 Å². The number of carbonyl (C=O) groups excluding carboxylic acids is 1. The molecule has 0 aliphatic rings. The Kier molecular flexibility index (Phi) is 4.02. The van der Waals surface area contributed by atoms with Crippen molar-refractivity contribution < 1.29 is 17.6 Å². The Hall–Kier alpha value is -1.67. The third-order valence-corrected chi connectivity index (χ3v) is 3.44. The van der Waals surface area contributed by atoms with E-state index in [1.807, 2.05) is 4.72 Å². The van der Waals surface area contributed by atoms with Gasteiger partial charge in [0.2, 0.25) is 15.9 Å². The second kappa shape index (κ2) is 5.11. The number of halogens is 1. The zero-order chi connectivity index (χ0) is 13.1. The van der Waals surface area contributed by atoms with E-state index < -0.39 is 28.3 Å². The molecule has 0 aromatic heterocycles. The van der Waals surface area contributed by atoms with Crippen LogP contribution in [0.15, 0.2) is 23.1 Å². The van der Waals surface area contributed by atoms with Crippen molar-refractivity contribution in [3.63, 3.8) is 0 Å². The summed E-state index contributed by atoms with van der Waals surface area (Å²) >= 11 is 0. The molecule has 8 heteroatoms. The third kappa shape index (κ3) is 3.40. The second-order valence-electron chi connectivity index (χ2n) is 3.18. The number of rotatable bonds is 4. The van der Waals surface area contributed by atoms with Gasteiger partial charge in [-0.25, -0.2) is 17.5 Å². The quantitative estimate of drug-likeness (QED) is 0.632. The highest BCUT2D eigenvalue weighted by Gasteiger charge is 2.18. The monoisotopic (exact) mass is 261 g/mol. The molecule has 0 unspecified atom stereocenters. The molecule has 4 N–H and O–H groups in total. The van der Waals surface area contributed by atoms with E-state index >= 15 is 0 Å². The number of nitrogens with two attached hydrogens (primary N) is 1. The average Bonchev–Trinajstić information content (AvgIpc) is 2.25. The van der Waals surface area contributed by atoms with Gasteiger partial charge in [0.25, 0.3) is 0 Å². The Balaban J connectivity index is 2.94. The van der Waals surface area contributed by atoms with Crippen molar-refractivity contribution in [2.24, 2.45) is 0 Å². The number of sulfonamides is 1. The smallest absolute Gasteiger partial charge is 0.243 e. The van der Waals surface area contributed by atoms with Crippen molar-refractivity contribution in [1.29, 1.82) is 0 Å². The van der Waals surface area contributed by atoms with Crippen molar-refractivity contribution >= 4 is 21.6 Å². The summed E-state index contributed by atoms with van der Waals surface area (Å²) in [6.45, 7) is -0.407. The summed E-state index contributed by atoms with van der Waals surface area (Å²) in [5.41, 5.74) is 5.17. The van der Waals surface area contributed by atoms with Gasteiger partial charge in [-0.3, -0.25) is 4.79 Å². The lowest BCUT2D eigenvalue weighted by Gasteiger charge is -2.08. The molecule has 0 saturated heterocycles. The first-order chi connectivity index (χ1) is 7.86. The number of benzene rings is 1. The van der Waals surface area contributed by atoms with Gasteiger partial charge in [-0.2, -0.15) is 0 Å². The first-order valence-corrected chi connectivity index (χ1v) is 6.10. The maximum atomic E-state index is 12.7. The van der Waals surface area contributed by atoms with Gasteiger partial charge in [0.1, 0.15) is 10.7 Å². The van der Waals surface area contributed by atoms with Crippen molar-refractivity contribution in [1.82, 2.24) is 10.0 Å². The minimum Gasteiger partial charge on any atom is -0.398 e. The fourth-order valence-electron chi connectivity index (χ4n) is 1.09. The topological polar surface area (TPSA) is 101 Å². The van der Waals surface area contributed by atoms with Crippen molar-refractivity contribution in [3.05, 3.63) is 24.0 Å². The molecule has 0 bridgehead atoms. The third-order valence-electron chi connectivity index (χ3n) is 1.96. The number of hydrogen-bond donors (Lipinski definition) is 3. The summed E-state index contributed by atoms with van der Waals surface area (Å²) in [5, 5.41) is 2.26.